The number of anilines is 1. The summed E-state index contributed by atoms with van der Waals surface area (Å²) >= 11 is 0. The Morgan fingerprint density at radius 2 is 1.86 bits per heavy atom. The second-order valence-corrected chi connectivity index (χ2v) is 13.8. The van der Waals surface area contributed by atoms with Crippen molar-refractivity contribution in [1.29, 1.82) is 0 Å². The van der Waals surface area contributed by atoms with Gasteiger partial charge in [0.25, 0.3) is 0 Å². The lowest BCUT2D eigenvalue weighted by Crippen LogP contribution is -2.63. The summed E-state index contributed by atoms with van der Waals surface area (Å²) in [5.74, 6) is -0.231. The number of nitrogen functional groups attached to an aromatic ring is 1. The Balaban J connectivity index is 1.14. The molecule has 4 aliphatic carbocycles. The number of rotatable bonds is 6. The molecule has 3 saturated carbocycles. The van der Waals surface area contributed by atoms with Gasteiger partial charge in [0.2, 0.25) is 0 Å². The van der Waals surface area contributed by atoms with Crippen LogP contribution in [-0.2, 0) is 31.9 Å². The first-order valence-electron chi connectivity index (χ1n) is 15.6. The van der Waals surface area contributed by atoms with E-state index in [1.165, 1.54) is 11.1 Å². The summed E-state index contributed by atoms with van der Waals surface area (Å²) in [6.07, 6.45) is 7.77. The third-order valence-corrected chi connectivity index (χ3v) is 11.7. The first kappa shape index (κ1) is 28.7. The van der Waals surface area contributed by atoms with Crippen molar-refractivity contribution in [3.8, 4) is 0 Å². The summed E-state index contributed by atoms with van der Waals surface area (Å²) in [6.45, 7) is 3.55. The number of carbonyl (C=O) groups excluding carboxylic acids is 2. The molecule has 43 heavy (non-hydrogen) atoms. The molecule has 0 radical (unpaired) electrons. The number of fused-ring (bicyclic) bond motifs is 7. The number of carbonyl (C=O) groups is 2. The predicted octanol–water partition coefficient (Wildman–Crippen LogP) is 4.66. The lowest BCUT2D eigenvalue weighted by molar-refractivity contribution is -0.201. The van der Waals surface area contributed by atoms with Crippen molar-refractivity contribution < 1.29 is 29.3 Å². The van der Waals surface area contributed by atoms with E-state index in [1.807, 2.05) is 36.4 Å². The van der Waals surface area contributed by atoms with Gasteiger partial charge in [0, 0.05) is 28.0 Å². The van der Waals surface area contributed by atoms with Gasteiger partial charge in [0.05, 0.1) is 12.2 Å². The summed E-state index contributed by atoms with van der Waals surface area (Å²) in [5.41, 5.74) is 8.52. The zero-order valence-electron chi connectivity index (χ0n) is 24.9. The highest BCUT2D eigenvalue weighted by molar-refractivity contribution is 6.01. The minimum Gasteiger partial charge on any atom is -0.399 e. The largest absolute Gasteiger partial charge is 0.399 e. The van der Waals surface area contributed by atoms with E-state index in [0.717, 1.165) is 42.5 Å². The van der Waals surface area contributed by atoms with Crippen LogP contribution in [0.1, 0.15) is 62.5 Å². The Morgan fingerprint density at radius 1 is 1.09 bits per heavy atom. The summed E-state index contributed by atoms with van der Waals surface area (Å²) < 4.78 is 13.3. The van der Waals surface area contributed by atoms with Crippen LogP contribution < -0.4 is 5.73 Å². The molecule has 1 saturated heterocycles. The molecule has 4 fully saturated rings. The topological polar surface area (TPSA) is 119 Å². The molecule has 1 aliphatic heterocycles. The molecule has 2 aromatic carbocycles. The lowest BCUT2D eigenvalue weighted by atomic mass is 9.46. The number of benzene rings is 2. The molecular weight excluding hydrogens is 542 g/mol. The van der Waals surface area contributed by atoms with Gasteiger partial charge in [-0.15, -0.1) is 0 Å². The molecular formula is C36H41NO6. The van der Waals surface area contributed by atoms with Crippen molar-refractivity contribution in [2.75, 3.05) is 12.3 Å². The molecule has 226 valence electrons. The number of nitrogens with two attached hydrogens (primary N) is 1. The number of hydrogen-bond acceptors (Lipinski definition) is 7. The summed E-state index contributed by atoms with van der Waals surface area (Å²) in [7, 11) is 0. The lowest BCUT2D eigenvalue weighted by Gasteiger charge is -2.59. The molecule has 0 aromatic heterocycles. The average Bonchev–Trinajstić information content (AvgIpc) is 3.49. The van der Waals surface area contributed by atoms with Crippen LogP contribution in [0.4, 0.5) is 5.69 Å². The molecule has 4 N–H and O–H groups in total. The van der Waals surface area contributed by atoms with Gasteiger partial charge in [0.15, 0.2) is 23.5 Å². The number of ether oxygens (including phenoxy) is 2. The van der Waals surface area contributed by atoms with E-state index < -0.39 is 41.5 Å². The maximum atomic E-state index is 13.7. The van der Waals surface area contributed by atoms with Crippen LogP contribution in [-0.4, -0.2) is 46.2 Å². The normalized spacial score (nSPS) is 39.4. The molecule has 0 bridgehead atoms. The predicted molar refractivity (Wildman–Crippen MR) is 162 cm³/mol. The van der Waals surface area contributed by atoms with E-state index in [9.17, 15) is 19.8 Å². The summed E-state index contributed by atoms with van der Waals surface area (Å²) in [5, 5.41) is 22.0. The van der Waals surface area contributed by atoms with Gasteiger partial charge < -0.3 is 25.4 Å². The molecule has 5 aliphatic rings. The maximum absolute atomic E-state index is 13.7. The van der Waals surface area contributed by atoms with E-state index in [1.54, 1.807) is 12.2 Å². The molecule has 9 atom stereocenters. The van der Waals surface area contributed by atoms with Crippen molar-refractivity contribution in [1.82, 2.24) is 0 Å². The Morgan fingerprint density at radius 3 is 2.60 bits per heavy atom. The minimum atomic E-state index is -1.34. The van der Waals surface area contributed by atoms with Crippen molar-refractivity contribution in [3.05, 3.63) is 89.0 Å². The standard InChI is InChI=1S/C36H41NO6/c1-34-15-14-26(39)17-24(34)12-13-27-28-18-31-36(30(41)20-38,35(28,2)19-29(40)32(27)34)43-33(42-31)23-10-8-21(9-11-23)6-7-22-4-3-5-25(37)16-22/h3-5,8-11,14-17,27-29,31-33,38,40H,6-7,12-13,18-20,37H2,1-2H3/t27-,28-,29-,31+,32+,33-,34-,35-,36+/m0/s1. The minimum absolute atomic E-state index is 0.00575. The third kappa shape index (κ3) is 4.23. The Hall–Kier alpha value is -3.10. The van der Waals surface area contributed by atoms with E-state index in [0.29, 0.717) is 12.8 Å². The SMILES string of the molecule is C[C@]12C=CC(=O)C=C1CC[C@@H]1[C@@H]2[C@@H](O)C[C@@]2(C)[C@H]1C[C@H]1O[C@H](c3ccc(CCc4cccc(N)c4)cc3)O[C@]12C(=O)CO. The highest BCUT2D eigenvalue weighted by Gasteiger charge is 2.75. The van der Waals surface area contributed by atoms with Gasteiger partial charge in [-0.1, -0.05) is 61.9 Å². The van der Waals surface area contributed by atoms with E-state index in [4.69, 9.17) is 15.2 Å². The third-order valence-electron chi connectivity index (χ3n) is 11.7. The summed E-state index contributed by atoms with van der Waals surface area (Å²) in [4.78, 5) is 25.9. The first-order valence-corrected chi connectivity index (χ1v) is 15.6. The van der Waals surface area contributed by atoms with Gasteiger partial charge in [-0.3, -0.25) is 9.59 Å². The highest BCUT2D eigenvalue weighted by Crippen LogP contribution is 2.70. The number of aliphatic hydroxyl groups is 2. The van der Waals surface area contributed by atoms with Crippen LogP contribution in [0, 0.1) is 28.6 Å². The van der Waals surface area contributed by atoms with Gasteiger partial charge in [0.1, 0.15) is 6.61 Å². The van der Waals surface area contributed by atoms with Crippen LogP contribution in [0.2, 0.25) is 0 Å². The van der Waals surface area contributed by atoms with E-state index in [2.05, 4.69) is 32.0 Å². The number of allylic oxidation sites excluding steroid dienone is 4. The molecule has 7 rings (SSSR count). The van der Waals surface area contributed by atoms with Gasteiger partial charge in [-0.2, -0.15) is 0 Å². The van der Waals surface area contributed by atoms with Crippen LogP contribution in [0.25, 0.3) is 0 Å². The maximum Gasteiger partial charge on any atom is 0.193 e. The number of Topliss-reactive ketones (excluding diaryl/α,β-unsaturated/α-hetero) is 1. The molecule has 0 unspecified atom stereocenters. The van der Waals surface area contributed by atoms with Crippen LogP contribution in [0.3, 0.4) is 0 Å². The fraction of sp³-hybridized carbons (Fsp3) is 0.500. The molecule has 0 spiro atoms. The number of hydrogen-bond donors (Lipinski definition) is 3. The van der Waals surface area contributed by atoms with Crippen LogP contribution in [0.5, 0.6) is 0 Å². The molecule has 1 heterocycles. The Labute approximate surface area is 252 Å². The number of aliphatic hydroxyl groups excluding tert-OH is 2. The monoisotopic (exact) mass is 583 g/mol. The zero-order chi connectivity index (χ0) is 30.1. The first-order chi connectivity index (χ1) is 20.6. The van der Waals surface area contributed by atoms with Crippen LogP contribution in [0.15, 0.2) is 72.3 Å². The van der Waals surface area contributed by atoms with Crippen molar-refractivity contribution in [2.45, 2.75) is 76.5 Å². The van der Waals surface area contributed by atoms with Crippen molar-refractivity contribution in [3.63, 3.8) is 0 Å². The summed E-state index contributed by atoms with van der Waals surface area (Å²) in [6, 6.07) is 16.1. The molecule has 7 nitrogen and oxygen atoms in total. The molecule has 2 aromatic rings. The molecule has 7 heteroatoms. The van der Waals surface area contributed by atoms with E-state index in [-0.39, 0.29) is 29.3 Å². The second-order valence-electron chi connectivity index (χ2n) is 13.8. The smallest absolute Gasteiger partial charge is 0.193 e. The van der Waals surface area contributed by atoms with E-state index >= 15 is 0 Å². The average molecular weight is 584 g/mol. The van der Waals surface area contributed by atoms with Crippen LogP contribution >= 0.6 is 0 Å². The van der Waals surface area contributed by atoms with Crippen molar-refractivity contribution in [2.24, 2.45) is 28.6 Å². The number of ketones is 2. The molecule has 0 amide bonds. The fourth-order valence-electron chi connectivity index (χ4n) is 9.71. The van der Waals surface area contributed by atoms with Gasteiger partial charge in [-0.25, -0.2) is 0 Å². The highest BCUT2D eigenvalue weighted by atomic mass is 16.7. The Bertz CT molecular complexity index is 1510. The zero-order valence-corrected chi connectivity index (χ0v) is 24.9. The number of aryl methyl sites for hydroxylation is 2. The van der Waals surface area contributed by atoms with Crippen molar-refractivity contribution >= 4 is 17.3 Å². The second kappa shape index (κ2) is 10.2. The van der Waals surface area contributed by atoms with Gasteiger partial charge in [-0.05, 0) is 85.8 Å². The Kier molecular flexibility index (Phi) is 6.82. The fourth-order valence-corrected chi connectivity index (χ4v) is 9.71. The van der Waals surface area contributed by atoms with Gasteiger partial charge >= 0.3 is 0 Å². The quantitative estimate of drug-likeness (QED) is 0.424.